The molecule has 0 saturated carbocycles. The monoisotopic (exact) mass is 353 g/mol. The molecule has 0 spiro atoms. The van der Waals surface area contributed by atoms with Gasteiger partial charge in [0.15, 0.2) is 0 Å². The van der Waals surface area contributed by atoms with Crippen LogP contribution in [0, 0.1) is 0 Å². The minimum atomic E-state index is -4.65. The van der Waals surface area contributed by atoms with Crippen LogP contribution in [-0.2, 0) is 6.18 Å². The highest BCUT2D eigenvalue weighted by atomic mass is 79.9. The second kappa shape index (κ2) is 6.94. The average Bonchev–Trinajstić information content (AvgIpc) is 2.37. The molecule has 1 aromatic carbocycles. The van der Waals surface area contributed by atoms with Crippen molar-refractivity contribution < 1.29 is 23.4 Å². The molecule has 0 aliphatic heterocycles. The van der Waals surface area contributed by atoms with Gasteiger partial charge in [-0.05, 0) is 29.6 Å². The van der Waals surface area contributed by atoms with E-state index in [-0.39, 0.29) is 17.4 Å². The minimum Gasteiger partial charge on any atom is -0.390 e. The Morgan fingerprint density at radius 1 is 1.35 bits per heavy atom. The quantitative estimate of drug-likeness (QED) is 0.481. The van der Waals surface area contributed by atoms with Crippen molar-refractivity contribution in [3.63, 3.8) is 0 Å². The Bertz CT molecular complexity index is 518. The molecule has 110 valence electrons. The molecule has 0 amide bonds. The summed E-state index contributed by atoms with van der Waals surface area (Å²) in [5.41, 5.74) is 6.63. The summed E-state index contributed by atoms with van der Waals surface area (Å²) >= 11 is 2.93. The number of hydrogen-bond acceptors (Lipinski definition) is 3. The van der Waals surface area contributed by atoms with Crippen LogP contribution < -0.4 is 0 Å². The number of halogens is 4. The van der Waals surface area contributed by atoms with Crippen LogP contribution in [0.5, 0.6) is 0 Å². The standard InChI is InChI=1S/C11H11BrF3N3O2/c12-6-1-2-7(8(5-6)11(13,14)15)10(20)9(19)3-4-17-18-16/h1-2,5,9-10,19-20H,3-4H2. The van der Waals surface area contributed by atoms with Crippen LogP contribution >= 0.6 is 15.9 Å². The van der Waals surface area contributed by atoms with Gasteiger partial charge in [0.1, 0.15) is 6.10 Å². The summed E-state index contributed by atoms with van der Waals surface area (Å²) in [4.78, 5) is 2.45. The van der Waals surface area contributed by atoms with E-state index in [1.54, 1.807) is 0 Å². The highest BCUT2D eigenvalue weighted by Gasteiger charge is 2.36. The zero-order valence-corrected chi connectivity index (χ0v) is 11.6. The van der Waals surface area contributed by atoms with Crippen LogP contribution in [0.15, 0.2) is 27.8 Å². The molecule has 9 heteroatoms. The second-order valence-electron chi connectivity index (χ2n) is 3.98. The first-order valence-electron chi connectivity index (χ1n) is 5.51. The van der Waals surface area contributed by atoms with E-state index in [1.807, 2.05) is 0 Å². The lowest BCUT2D eigenvalue weighted by Gasteiger charge is -2.21. The van der Waals surface area contributed by atoms with E-state index in [1.165, 1.54) is 6.07 Å². The van der Waals surface area contributed by atoms with Gasteiger partial charge in [0, 0.05) is 15.9 Å². The van der Waals surface area contributed by atoms with Crippen LogP contribution in [0.4, 0.5) is 13.2 Å². The molecule has 1 aromatic rings. The summed E-state index contributed by atoms with van der Waals surface area (Å²) < 4.78 is 38.8. The predicted molar refractivity (Wildman–Crippen MR) is 68.7 cm³/mol. The molecule has 20 heavy (non-hydrogen) atoms. The first-order chi connectivity index (χ1) is 9.27. The van der Waals surface area contributed by atoms with Crippen molar-refractivity contribution in [1.82, 2.24) is 0 Å². The van der Waals surface area contributed by atoms with Gasteiger partial charge < -0.3 is 10.2 Å². The van der Waals surface area contributed by atoms with Gasteiger partial charge in [0.2, 0.25) is 0 Å². The first-order valence-corrected chi connectivity index (χ1v) is 6.30. The topological polar surface area (TPSA) is 89.2 Å². The Labute approximate surface area is 120 Å². The zero-order chi connectivity index (χ0) is 15.3. The van der Waals surface area contributed by atoms with Gasteiger partial charge in [-0.15, -0.1) is 0 Å². The van der Waals surface area contributed by atoms with E-state index in [2.05, 4.69) is 26.0 Å². The summed E-state index contributed by atoms with van der Waals surface area (Å²) in [5.74, 6) is 0. The fraction of sp³-hybridized carbons (Fsp3) is 0.455. The van der Waals surface area contributed by atoms with Crippen LogP contribution in [-0.4, -0.2) is 22.9 Å². The average molecular weight is 354 g/mol. The highest BCUT2D eigenvalue weighted by Crippen LogP contribution is 2.37. The highest BCUT2D eigenvalue weighted by molar-refractivity contribution is 9.10. The van der Waals surface area contributed by atoms with E-state index in [9.17, 15) is 23.4 Å². The molecule has 2 atom stereocenters. The largest absolute Gasteiger partial charge is 0.416 e. The third-order valence-corrected chi connectivity index (χ3v) is 3.09. The van der Waals surface area contributed by atoms with Crippen molar-refractivity contribution >= 4 is 15.9 Å². The molecule has 0 heterocycles. The number of azide groups is 1. The van der Waals surface area contributed by atoms with Crippen LogP contribution in [0.25, 0.3) is 10.4 Å². The van der Waals surface area contributed by atoms with Gasteiger partial charge >= 0.3 is 6.18 Å². The van der Waals surface area contributed by atoms with Crippen molar-refractivity contribution in [2.75, 3.05) is 6.54 Å². The molecule has 5 nitrogen and oxygen atoms in total. The van der Waals surface area contributed by atoms with E-state index >= 15 is 0 Å². The lowest BCUT2D eigenvalue weighted by atomic mass is 9.97. The summed E-state index contributed by atoms with van der Waals surface area (Å²) in [5, 5.41) is 22.6. The van der Waals surface area contributed by atoms with E-state index in [0.717, 1.165) is 12.1 Å². The maximum atomic E-state index is 12.9. The van der Waals surface area contributed by atoms with Gasteiger partial charge in [0.05, 0.1) is 11.7 Å². The van der Waals surface area contributed by atoms with Gasteiger partial charge in [-0.1, -0.05) is 27.1 Å². The molecule has 2 unspecified atom stereocenters. The van der Waals surface area contributed by atoms with Crippen molar-refractivity contribution in [2.24, 2.45) is 5.11 Å². The number of nitrogens with zero attached hydrogens (tertiary/aromatic N) is 3. The molecule has 2 N–H and O–H groups in total. The van der Waals surface area contributed by atoms with Crippen molar-refractivity contribution in [3.05, 3.63) is 44.2 Å². The molecular formula is C11H11BrF3N3O2. The maximum absolute atomic E-state index is 12.9. The minimum absolute atomic E-state index is 0.118. The fourth-order valence-corrected chi connectivity index (χ4v) is 1.99. The van der Waals surface area contributed by atoms with Crippen molar-refractivity contribution in [2.45, 2.75) is 24.8 Å². The second-order valence-corrected chi connectivity index (χ2v) is 4.90. The van der Waals surface area contributed by atoms with Gasteiger partial charge in [-0.25, -0.2) is 0 Å². The molecule has 0 saturated heterocycles. The number of hydrogen-bond donors (Lipinski definition) is 2. The molecule has 0 fully saturated rings. The Kier molecular flexibility index (Phi) is 5.82. The number of benzene rings is 1. The molecule has 0 aliphatic carbocycles. The predicted octanol–water partition coefficient (Wildman–Crippen LogP) is 3.56. The zero-order valence-electron chi connectivity index (χ0n) is 10.0. The van der Waals surface area contributed by atoms with E-state index in [4.69, 9.17) is 5.53 Å². The molecule has 0 radical (unpaired) electrons. The van der Waals surface area contributed by atoms with Crippen molar-refractivity contribution in [1.29, 1.82) is 0 Å². The number of aliphatic hydroxyl groups excluding tert-OH is 2. The summed E-state index contributed by atoms with van der Waals surface area (Å²) in [6, 6.07) is 3.26. The number of rotatable bonds is 5. The number of alkyl halides is 3. The van der Waals surface area contributed by atoms with Crippen LogP contribution in [0.1, 0.15) is 23.7 Å². The molecule has 1 rings (SSSR count). The molecular weight excluding hydrogens is 343 g/mol. The van der Waals surface area contributed by atoms with E-state index < -0.39 is 29.5 Å². The Morgan fingerprint density at radius 3 is 2.55 bits per heavy atom. The molecule has 0 aliphatic rings. The van der Waals surface area contributed by atoms with Gasteiger partial charge in [0.25, 0.3) is 0 Å². The fourth-order valence-electron chi connectivity index (χ4n) is 1.63. The summed E-state index contributed by atoms with van der Waals surface area (Å²) in [7, 11) is 0. The lowest BCUT2D eigenvalue weighted by Crippen LogP contribution is -2.22. The van der Waals surface area contributed by atoms with Crippen LogP contribution in [0.3, 0.4) is 0 Å². The summed E-state index contributed by atoms with van der Waals surface area (Å²) in [6.07, 6.45) is -7.96. The third-order valence-electron chi connectivity index (χ3n) is 2.59. The Balaban J connectivity index is 3.03. The third kappa shape index (κ3) is 4.38. The van der Waals surface area contributed by atoms with Gasteiger partial charge in [-0.3, -0.25) is 0 Å². The summed E-state index contributed by atoms with van der Waals surface area (Å²) in [6.45, 7) is -0.118. The molecule has 0 bridgehead atoms. The first kappa shape index (κ1) is 16.8. The van der Waals surface area contributed by atoms with E-state index in [0.29, 0.717) is 0 Å². The van der Waals surface area contributed by atoms with Crippen LogP contribution in [0.2, 0.25) is 0 Å². The normalized spacial score (nSPS) is 14.5. The SMILES string of the molecule is [N-]=[N+]=NCCC(O)C(O)c1ccc(Br)cc1C(F)(F)F. The van der Waals surface area contributed by atoms with Gasteiger partial charge in [-0.2, -0.15) is 13.2 Å². The Hall–Kier alpha value is -1.28. The van der Waals surface area contributed by atoms with Crippen molar-refractivity contribution in [3.8, 4) is 0 Å². The lowest BCUT2D eigenvalue weighted by molar-refractivity contribution is -0.140. The maximum Gasteiger partial charge on any atom is 0.416 e. The number of aliphatic hydroxyl groups is 2. The molecule has 0 aromatic heterocycles. The Morgan fingerprint density at radius 2 is 2.00 bits per heavy atom. The smallest absolute Gasteiger partial charge is 0.390 e.